The highest BCUT2D eigenvalue weighted by Crippen LogP contribution is 2.30. The van der Waals surface area contributed by atoms with E-state index in [4.69, 9.17) is 4.74 Å². The molecule has 14 heteroatoms. The maximum atomic E-state index is 14.9. The van der Waals surface area contributed by atoms with E-state index in [-0.39, 0.29) is 46.8 Å². The summed E-state index contributed by atoms with van der Waals surface area (Å²) in [5.74, 6) is -2.47. The number of halogens is 1. The maximum Gasteiger partial charge on any atom is 0.407 e. The van der Waals surface area contributed by atoms with E-state index >= 15 is 0 Å². The lowest BCUT2D eigenvalue weighted by molar-refractivity contribution is -0.130. The lowest BCUT2D eigenvalue weighted by Crippen LogP contribution is -2.48. The summed E-state index contributed by atoms with van der Waals surface area (Å²) in [7, 11) is 0. The van der Waals surface area contributed by atoms with Crippen molar-refractivity contribution in [2.24, 2.45) is 11.8 Å². The van der Waals surface area contributed by atoms with E-state index in [0.29, 0.717) is 19.4 Å². The number of hydrogen-bond acceptors (Lipinski definition) is 8. The van der Waals surface area contributed by atoms with Gasteiger partial charge in [-0.25, -0.2) is 14.0 Å². The minimum atomic E-state index is -1.000. The molecule has 3 aromatic carbocycles. The Balaban J connectivity index is 1.27. The molecule has 1 aliphatic carbocycles. The van der Waals surface area contributed by atoms with Gasteiger partial charge < -0.3 is 25.8 Å². The van der Waals surface area contributed by atoms with Gasteiger partial charge in [0.25, 0.3) is 0 Å². The topological polar surface area (TPSA) is 188 Å². The quantitative estimate of drug-likeness (QED) is 0.131. The highest BCUT2D eigenvalue weighted by atomic mass is 19.1. The van der Waals surface area contributed by atoms with E-state index in [0.717, 1.165) is 41.2 Å². The standard InChI is InChI=1S/C37H42FN7O6/c1-21-17-26(35(48)49)13-15-28(21)24-9-5-22(6-10-24)18-31(34(47)40-27-14-16-29(30(38)19-27)32-42-44-45-43-32)41-33(46)25-11-7-23(8-12-25)20-39-36(50)51-37(2,3)4/h5-6,9-10,13-17,19,23,25,31H,7-8,11-12,18,20H2,1-4H3,(H,39,50)(H,40,47)(H,41,46)(H,48,49)(H,42,43,44,45). The van der Waals surface area contributed by atoms with Gasteiger partial charge in [-0.3, -0.25) is 9.59 Å². The van der Waals surface area contributed by atoms with Gasteiger partial charge in [0.1, 0.15) is 17.5 Å². The van der Waals surface area contributed by atoms with E-state index < -0.39 is 35.4 Å². The van der Waals surface area contributed by atoms with Crippen molar-refractivity contribution in [3.63, 3.8) is 0 Å². The average Bonchev–Trinajstić information content (AvgIpc) is 3.62. The zero-order valence-electron chi connectivity index (χ0n) is 29.0. The fourth-order valence-electron chi connectivity index (χ4n) is 6.13. The van der Waals surface area contributed by atoms with Crippen LogP contribution in [0.1, 0.15) is 67.9 Å². The first-order valence-corrected chi connectivity index (χ1v) is 16.8. The number of aromatic nitrogens is 4. The summed E-state index contributed by atoms with van der Waals surface area (Å²) in [6, 6.07) is 15.5. The van der Waals surface area contributed by atoms with Gasteiger partial charge in [-0.15, -0.1) is 10.2 Å². The number of anilines is 1. The minimum Gasteiger partial charge on any atom is -0.478 e. The van der Waals surface area contributed by atoms with Crippen LogP contribution in [0, 0.1) is 24.6 Å². The SMILES string of the molecule is Cc1cc(C(=O)O)ccc1-c1ccc(CC(NC(=O)C2CCC(CNC(=O)OC(C)(C)C)CC2)C(=O)Nc2ccc(-c3nn[nH]n3)c(F)c2)cc1. The summed E-state index contributed by atoms with van der Waals surface area (Å²) in [4.78, 5) is 50.7. The molecule has 5 rings (SSSR count). The minimum absolute atomic E-state index is 0.0716. The summed E-state index contributed by atoms with van der Waals surface area (Å²) < 4.78 is 20.3. The molecule has 1 fully saturated rings. The largest absolute Gasteiger partial charge is 0.478 e. The molecule has 5 N–H and O–H groups in total. The van der Waals surface area contributed by atoms with E-state index in [2.05, 4.69) is 36.6 Å². The Morgan fingerprint density at radius 3 is 2.29 bits per heavy atom. The number of nitrogens with one attached hydrogen (secondary N) is 4. The van der Waals surface area contributed by atoms with Gasteiger partial charge in [0.15, 0.2) is 0 Å². The van der Waals surface area contributed by atoms with Gasteiger partial charge in [0.2, 0.25) is 17.6 Å². The number of aryl methyl sites for hydroxylation is 1. The molecule has 1 atom stereocenters. The van der Waals surface area contributed by atoms with Crippen molar-refractivity contribution < 1.29 is 33.4 Å². The second-order valence-electron chi connectivity index (χ2n) is 13.8. The highest BCUT2D eigenvalue weighted by molar-refractivity contribution is 5.98. The number of aromatic carboxylic acids is 1. The van der Waals surface area contributed by atoms with Crippen molar-refractivity contribution in [1.82, 2.24) is 31.3 Å². The van der Waals surface area contributed by atoms with Gasteiger partial charge in [0, 0.05) is 24.6 Å². The first-order valence-electron chi connectivity index (χ1n) is 16.8. The molecule has 0 spiro atoms. The zero-order valence-corrected chi connectivity index (χ0v) is 29.0. The predicted molar refractivity (Wildman–Crippen MR) is 187 cm³/mol. The van der Waals surface area contributed by atoms with E-state index in [1.807, 2.05) is 31.2 Å². The molecule has 4 aromatic rings. The smallest absolute Gasteiger partial charge is 0.407 e. The van der Waals surface area contributed by atoms with Crippen LogP contribution < -0.4 is 16.0 Å². The number of ether oxygens (including phenoxy) is 1. The van der Waals surface area contributed by atoms with Crippen LogP contribution in [0.25, 0.3) is 22.5 Å². The monoisotopic (exact) mass is 699 g/mol. The first kappa shape index (κ1) is 36.6. The number of rotatable bonds is 11. The molecular weight excluding hydrogens is 657 g/mol. The van der Waals surface area contributed by atoms with Crippen LogP contribution >= 0.6 is 0 Å². The molecule has 1 aliphatic rings. The molecule has 1 saturated carbocycles. The van der Waals surface area contributed by atoms with Gasteiger partial charge in [-0.1, -0.05) is 30.3 Å². The third-order valence-electron chi connectivity index (χ3n) is 8.79. The predicted octanol–water partition coefficient (Wildman–Crippen LogP) is 5.68. The van der Waals surface area contributed by atoms with Crippen LogP contribution in [0.15, 0.2) is 60.7 Å². The number of alkyl carbamates (subject to hydrolysis) is 1. The van der Waals surface area contributed by atoms with Crippen LogP contribution in [-0.4, -0.2) is 67.8 Å². The molecule has 51 heavy (non-hydrogen) atoms. The fourth-order valence-corrected chi connectivity index (χ4v) is 6.13. The fraction of sp³-hybridized carbons (Fsp3) is 0.378. The molecular formula is C37H42FN7O6. The van der Waals surface area contributed by atoms with Crippen molar-refractivity contribution in [2.45, 2.75) is 71.4 Å². The third kappa shape index (κ3) is 9.96. The van der Waals surface area contributed by atoms with Crippen LogP contribution in [-0.2, 0) is 20.7 Å². The Labute approximate surface area is 294 Å². The van der Waals surface area contributed by atoms with Crippen molar-refractivity contribution in [2.75, 3.05) is 11.9 Å². The number of carbonyl (C=O) groups is 4. The Morgan fingerprint density at radius 1 is 0.980 bits per heavy atom. The third-order valence-corrected chi connectivity index (χ3v) is 8.79. The number of hydrogen-bond donors (Lipinski definition) is 5. The summed E-state index contributed by atoms with van der Waals surface area (Å²) in [5, 5.41) is 31.1. The molecule has 0 radical (unpaired) electrons. The Hall–Kier alpha value is -5.66. The molecule has 1 aromatic heterocycles. The second-order valence-corrected chi connectivity index (χ2v) is 13.8. The summed E-state index contributed by atoms with van der Waals surface area (Å²) >= 11 is 0. The van der Waals surface area contributed by atoms with Crippen LogP contribution in [0.5, 0.6) is 0 Å². The first-order chi connectivity index (χ1) is 24.3. The molecule has 3 amide bonds. The lowest BCUT2D eigenvalue weighted by atomic mass is 9.81. The van der Waals surface area contributed by atoms with Gasteiger partial charge in [-0.2, -0.15) is 5.21 Å². The Morgan fingerprint density at radius 2 is 1.69 bits per heavy atom. The maximum absolute atomic E-state index is 14.9. The summed E-state index contributed by atoms with van der Waals surface area (Å²) in [6.45, 7) is 7.70. The van der Waals surface area contributed by atoms with Crippen molar-refractivity contribution >= 4 is 29.6 Å². The molecule has 0 bridgehead atoms. The van der Waals surface area contributed by atoms with Gasteiger partial charge in [0.05, 0.1) is 11.1 Å². The van der Waals surface area contributed by atoms with Crippen LogP contribution in [0.3, 0.4) is 0 Å². The van der Waals surface area contributed by atoms with E-state index in [9.17, 15) is 28.7 Å². The van der Waals surface area contributed by atoms with Gasteiger partial charge in [-0.05, 0) is 117 Å². The molecule has 13 nitrogen and oxygen atoms in total. The number of amides is 3. The molecule has 268 valence electrons. The molecule has 1 unspecified atom stereocenters. The number of tetrazole rings is 1. The van der Waals surface area contributed by atoms with E-state index in [1.165, 1.54) is 12.1 Å². The van der Waals surface area contributed by atoms with Crippen molar-refractivity contribution in [1.29, 1.82) is 0 Å². The number of nitrogens with zero attached hydrogens (tertiary/aromatic N) is 3. The molecule has 1 heterocycles. The van der Waals surface area contributed by atoms with Crippen LogP contribution in [0.4, 0.5) is 14.9 Å². The second kappa shape index (κ2) is 15.9. The van der Waals surface area contributed by atoms with Crippen LogP contribution in [0.2, 0.25) is 0 Å². The summed E-state index contributed by atoms with van der Waals surface area (Å²) in [6.07, 6.45) is 2.33. The van der Waals surface area contributed by atoms with E-state index in [1.54, 1.807) is 39.0 Å². The highest BCUT2D eigenvalue weighted by Gasteiger charge is 2.30. The lowest BCUT2D eigenvalue weighted by Gasteiger charge is -2.29. The Bertz CT molecular complexity index is 1870. The number of H-pyrrole nitrogens is 1. The number of carboxylic acid groups (broad SMARTS) is 1. The number of benzene rings is 3. The average molecular weight is 700 g/mol. The van der Waals surface area contributed by atoms with Gasteiger partial charge >= 0.3 is 12.1 Å². The van der Waals surface area contributed by atoms with Crippen molar-refractivity contribution in [3.05, 3.63) is 83.2 Å². The zero-order chi connectivity index (χ0) is 36.7. The normalized spacial score (nSPS) is 16.5. The van der Waals surface area contributed by atoms with Crippen molar-refractivity contribution in [3.8, 4) is 22.5 Å². The number of aromatic amines is 1. The number of carbonyl (C=O) groups excluding carboxylic acids is 3. The molecule has 0 saturated heterocycles. The molecule has 0 aliphatic heterocycles. The number of carboxylic acids is 1. The Kier molecular flexibility index (Phi) is 11.4. The summed E-state index contributed by atoms with van der Waals surface area (Å²) in [5.41, 5.74) is 3.23.